The van der Waals surface area contributed by atoms with Gasteiger partial charge in [-0.15, -0.1) is 10.2 Å². The van der Waals surface area contributed by atoms with Gasteiger partial charge in [0, 0.05) is 15.6 Å². The number of aromatic nitrogens is 2. The van der Waals surface area contributed by atoms with Crippen LogP contribution in [-0.2, 0) is 14.8 Å². The molecule has 1 heterocycles. The summed E-state index contributed by atoms with van der Waals surface area (Å²) in [4.78, 5) is 13.0. The van der Waals surface area contributed by atoms with Crippen LogP contribution in [0.15, 0.2) is 48.5 Å². The molecule has 30 heavy (non-hydrogen) atoms. The molecule has 1 aromatic heterocycles. The number of benzene rings is 2. The average Bonchev–Trinajstić information content (AvgIpc) is 3.13. The number of rotatable bonds is 7. The second-order valence-electron chi connectivity index (χ2n) is 6.38. The molecular formula is C19H18Cl2N4O3S2. The topological polar surface area (TPSA) is 92.3 Å². The maximum Gasteiger partial charge on any atom is 0.250 e. The average molecular weight is 485 g/mol. The first-order chi connectivity index (χ1) is 14.2. The van der Waals surface area contributed by atoms with Crippen LogP contribution in [0.1, 0.15) is 13.3 Å². The van der Waals surface area contributed by atoms with Gasteiger partial charge >= 0.3 is 0 Å². The third kappa shape index (κ3) is 5.28. The lowest BCUT2D eigenvalue weighted by molar-refractivity contribution is -0.117. The van der Waals surface area contributed by atoms with Crippen LogP contribution in [0, 0.1) is 0 Å². The summed E-state index contributed by atoms with van der Waals surface area (Å²) in [5, 5.41) is 12.2. The van der Waals surface area contributed by atoms with Gasteiger partial charge in [-0.3, -0.25) is 14.4 Å². The molecule has 0 spiro atoms. The molecule has 158 valence electrons. The minimum Gasteiger partial charge on any atom is -0.299 e. The SMILES string of the molecule is CC[C@H](C(=O)Nc1nnc(-c2ccccc2)s1)N(c1cc(Cl)cc(Cl)c1)S(C)(=O)=O. The molecule has 7 nitrogen and oxygen atoms in total. The Hall–Kier alpha value is -2.20. The fourth-order valence-electron chi connectivity index (χ4n) is 2.89. The summed E-state index contributed by atoms with van der Waals surface area (Å²) in [6.45, 7) is 1.71. The molecule has 0 aliphatic carbocycles. The lowest BCUT2D eigenvalue weighted by atomic mass is 10.2. The molecule has 1 N–H and O–H groups in total. The van der Waals surface area contributed by atoms with Gasteiger partial charge in [-0.05, 0) is 24.6 Å². The van der Waals surface area contributed by atoms with E-state index in [4.69, 9.17) is 23.2 Å². The van der Waals surface area contributed by atoms with E-state index in [0.29, 0.717) is 5.01 Å². The van der Waals surface area contributed by atoms with Crippen molar-refractivity contribution < 1.29 is 13.2 Å². The van der Waals surface area contributed by atoms with E-state index < -0.39 is 22.0 Å². The Labute approximate surface area is 188 Å². The maximum absolute atomic E-state index is 13.0. The summed E-state index contributed by atoms with van der Waals surface area (Å²) in [6.07, 6.45) is 1.24. The third-order valence-electron chi connectivity index (χ3n) is 4.11. The lowest BCUT2D eigenvalue weighted by Gasteiger charge is -2.30. The normalized spacial score (nSPS) is 12.4. The van der Waals surface area contributed by atoms with E-state index in [0.717, 1.165) is 16.1 Å². The predicted molar refractivity (Wildman–Crippen MR) is 122 cm³/mol. The molecule has 0 aliphatic rings. The van der Waals surface area contributed by atoms with Gasteiger partial charge in [0.2, 0.25) is 21.1 Å². The molecule has 0 bridgehead atoms. The number of amides is 1. The van der Waals surface area contributed by atoms with Crippen LogP contribution >= 0.6 is 34.5 Å². The van der Waals surface area contributed by atoms with E-state index in [1.807, 2.05) is 30.3 Å². The zero-order valence-electron chi connectivity index (χ0n) is 16.0. The third-order valence-corrected chi connectivity index (χ3v) is 6.61. The van der Waals surface area contributed by atoms with Crippen molar-refractivity contribution in [2.24, 2.45) is 0 Å². The van der Waals surface area contributed by atoms with Gasteiger partial charge < -0.3 is 0 Å². The van der Waals surface area contributed by atoms with Gasteiger partial charge in [0.05, 0.1) is 11.9 Å². The number of sulfonamides is 1. The molecule has 0 saturated carbocycles. The van der Waals surface area contributed by atoms with Crippen LogP contribution in [0.5, 0.6) is 0 Å². The molecule has 0 radical (unpaired) electrons. The summed E-state index contributed by atoms with van der Waals surface area (Å²) in [5.74, 6) is -0.533. The summed E-state index contributed by atoms with van der Waals surface area (Å²) < 4.78 is 26.1. The van der Waals surface area contributed by atoms with Gasteiger partial charge in [0.25, 0.3) is 0 Å². The highest BCUT2D eigenvalue weighted by Crippen LogP contribution is 2.30. The Bertz CT molecular complexity index is 1130. The minimum atomic E-state index is -3.82. The van der Waals surface area contributed by atoms with Crippen LogP contribution < -0.4 is 9.62 Å². The van der Waals surface area contributed by atoms with Crippen molar-refractivity contribution in [3.8, 4) is 10.6 Å². The number of nitrogens with zero attached hydrogens (tertiary/aromatic N) is 3. The summed E-state index contributed by atoms with van der Waals surface area (Å²) in [6, 6.07) is 12.8. The monoisotopic (exact) mass is 484 g/mol. The van der Waals surface area contributed by atoms with Crippen molar-refractivity contribution in [2.45, 2.75) is 19.4 Å². The van der Waals surface area contributed by atoms with Crippen molar-refractivity contribution in [3.05, 3.63) is 58.6 Å². The Morgan fingerprint density at radius 2 is 1.77 bits per heavy atom. The molecule has 1 amide bonds. The highest BCUT2D eigenvalue weighted by atomic mass is 35.5. The van der Waals surface area contributed by atoms with Gasteiger partial charge in [0.15, 0.2) is 0 Å². The predicted octanol–water partition coefficient (Wildman–Crippen LogP) is 4.70. The molecule has 0 aliphatic heterocycles. The number of nitrogens with one attached hydrogen (secondary N) is 1. The van der Waals surface area contributed by atoms with E-state index in [2.05, 4.69) is 15.5 Å². The Balaban J connectivity index is 1.89. The van der Waals surface area contributed by atoms with E-state index >= 15 is 0 Å². The Morgan fingerprint density at radius 3 is 2.33 bits per heavy atom. The Kier molecular flexibility index (Phi) is 6.97. The van der Waals surface area contributed by atoms with Crippen molar-refractivity contribution in [2.75, 3.05) is 15.9 Å². The molecule has 1 atom stereocenters. The van der Waals surface area contributed by atoms with Gasteiger partial charge in [0.1, 0.15) is 11.0 Å². The molecule has 0 fully saturated rings. The van der Waals surface area contributed by atoms with Crippen molar-refractivity contribution in [1.82, 2.24) is 10.2 Å². The van der Waals surface area contributed by atoms with Crippen molar-refractivity contribution in [1.29, 1.82) is 0 Å². The van der Waals surface area contributed by atoms with E-state index in [-0.39, 0.29) is 27.3 Å². The first-order valence-corrected chi connectivity index (χ1v) is 12.3. The lowest BCUT2D eigenvalue weighted by Crippen LogP contribution is -2.47. The summed E-state index contributed by atoms with van der Waals surface area (Å²) >= 11 is 13.3. The smallest absolute Gasteiger partial charge is 0.250 e. The Morgan fingerprint density at radius 1 is 1.13 bits per heavy atom. The van der Waals surface area contributed by atoms with Gasteiger partial charge in [-0.1, -0.05) is 71.8 Å². The highest BCUT2D eigenvalue weighted by Gasteiger charge is 2.32. The highest BCUT2D eigenvalue weighted by molar-refractivity contribution is 7.92. The number of anilines is 2. The number of carbonyl (C=O) groups excluding carboxylic acids is 1. The second-order valence-corrected chi connectivity index (χ2v) is 10.1. The molecule has 0 unspecified atom stereocenters. The fourth-order valence-corrected chi connectivity index (χ4v) is 5.35. The standard InChI is InChI=1S/C19H18Cl2N4O3S2/c1-3-16(25(30(2,27)28)15-10-13(20)9-14(21)11-15)17(26)22-19-24-23-18(29-19)12-7-5-4-6-8-12/h4-11,16H,3H2,1-2H3,(H,22,24,26)/t16-/m1/s1. The molecule has 3 aromatic rings. The number of hydrogen-bond donors (Lipinski definition) is 1. The summed E-state index contributed by atoms with van der Waals surface area (Å²) in [7, 11) is -3.82. The van der Waals surface area contributed by atoms with Crippen LogP contribution in [0.4, 0.5) is 10.8 Å². The molecular weight excluding hydrogens is 467 g/mol. The quantitative estimate of drug-likeness (QED) is 0.524. The molecule has 3 rings (SSSR count). The van der Waals surface area contributed by atoms with Crippen molar-refractivity contribution >= 4 is 61.3 Å². The van der Waals surface area contributed by atoms with Gasteiger partial charge in [-0.2, -0.15) is 0 Å². The minimum absolute atomic E-state index is 0.208. The van der Waals surface area contributed by atoms with Crippen LogP contribution in [0.2, 0.25) is 10.0 Å². The zero-order valence-corrected chi connectivity index (χ0v) is 19.2. The van der Waals surface area contributed by atoms with Crippen LogP contribution in [0.3, 0.4) is 0 Å². The number of carbonyl (C=O) groups is 1. The first-order valence-electron chi connectivity index (χ1n) is 8.84. The van der Waals surface area contributed by atoms with E-state index in [9.17, 15) is 13.2 Å². The molecule has 0 saturated heterocycles. The first kappa shape index (κ1) is 22.5. The molecule has 2 aromatic carbocycles. The van der Waals surface area contributed by atoms with Crippen LogP contribution in [0.25, 0.3) is 10.6 Å². The number of halogens is 2. The van der Waals surface area contributed by atoms with E-state index in [1.165, 1.54) is 29.5 Å². The van der Waals surface area contributed by atoms with Gasteiger partial charge in [-0.25, -0.2) is 8.42 Å². The largest absolute Gasteiger partial charge is 0.299 e. The van der Waals surface area contributed by atoms with Crippen molar-refractivity contribution in [3.63, 3.8) is 0 Å². The number of hydrogen-bond acceptors (Lipinski definition) is 6. The second kappa shape index (κ2) is 9.30. The fraction of sp³-hybridized carbons (Fsp3) is 0.211. The summed E-state index contributed by atoms with van der Waals surface area (Å²) in [5.41, 5.74) is 1.08. The molecule has 11 heteroatoms. The van der Waals surface area contributed by atoms with Crippen LogP contribution in [-0.4, -0.2) is 36.8 Å². The maximum atomic E-state index is 13.0. The van der Waals surface area contributed by atoms with E-state index in [1.54, 1.807) is 6.92 Å². The zero-order chi connectivity index (χ0) is 21.9.